The summed E-state index contributed by atoms with van der Waals surface area (Å²) in [6.45, 7) is 6.15. The zero-order valence-corrected chi connectivity index (χ0v) is 24.0. The molecule has 0 unspecified atom stereocenters. The molecule has 0 amide bonds. The van der Waals surface area contributed by atoms with Crippen LogP contribution in [0.2, 0.25) is 5.02 Å². The predicted molar refractivity (Wildman–Crippen MR) is 156 cm³/mol. The molecule has 0 spiro atoms. The molecule has 3 aromatic rings. The Labute approximate surface area is 236 Å². The number of benzene rings is 2. The molecule has 2 aliphatic rings. The lowest BCUT2D eigenvalue weighted by Crippen LogP contribution is -2.40. The number of carbonyl (C=O) groups is 1. The molecule has 7 nitrogen and oxygen atoms in total. The highest BCUT2D eigenvalue weighted by atomic mass is 35.5. The van der Waals surface area contributed by atoms with E-state index in [1.807, 2.05) is 25.1 Å². The van der Waals surface area contributed by atoms with E-state index in [9.17, 15) is 9.59 Å². The minimum atomic E-state index is -0.782. The molecule has 1 atom stereocenters. The maximum atomic E-state index is 14.0. The van der Waals surface area contributed by atoms with Crippen LogP contribution in [-0.4, -0.2) is 37.3 Å². The van der Waals surface area contributed by atoms with Crippen molar-refractivity contribution in [3.05, 3.63) is 89.6 Å². The van der Waals surface area contributed by atoms with Crippen LogP contribution in [0.5, 0.6) is 5.75 Å². The van der Waals surface area contributed by atoms with Crippen molar-refractivity contribution in [2.45, 2.75) is 45.6 Å². The third kappa shape index (κ3) is 5.40. The van der Waals surface area contributed by atoms with Crippen LogP contribution in [0.4, 0.5) is 5.69 Å². The number of hydrogen-bond acceptors (Lipinski definition) is 7. The maximum Gasteiger partial charge on any atom is 0.338 e. The lowest BCUT2D eigenvalue weighted by molar-refractivity contribution is -0.139. The maximum absolute atomic E-state index is 14.0. The van der Waals surface area contributed by atoms with E-state index in [0.717, 1.165) is 25.1 Å². The van der Waals surface area contributed by atoms with Gasteiger partial charge in [0.2, 0.25) is 0 Å². The van der Waals surface area contributed by atoms with Crippen molar-refractivity contribution >= 4 is 40.7 Å². The Morgan fingerprint density at radius 1 is 1.15 bits per heavy atom. The summed E-state index contributed by atoms with van der Waals surface area (Å²) in [5.74, 6) is 0.0273. The summed E-state index contributed by atoms with van der Waals surface area (Å²) in [6.07, 6.45) is 5.66. The Hall–Kier alpha value is -3.36. The summed E-state index contributed by atoms with van der Waals surface area (Å²) in [5, 5.41) is 0.475. The molecular weight excluding hydrogens is 534 g/mol. The van der Waals surface area contributed by atoms with E-state index in [-0.39, 0.29) is 12.2 Å². The average molecular weight is 566 g/mol. The Balaban J connectivity index is 1.69. The van der Waals surface area contributed by atoms with Crippen LogP contribution in [-0.2, 0) is 9.53 Å². The highest BCUT2D eigenvalue weighted by molar-refractivity contribution is 7.07. The fraction of sp³-hybridized carbons (Fsp3) is 0.367. The Bertz CT molecular complexity index is 1580. The van der Waals surface area contributed by atoms with Gasteiger partial charge in [-0.25, -0.2) is 9.79 Å². The second-order valence-electron chi connectivity index (χ2n) is 9.59. The van der Waals surface area contributed by atoms with Crippen molar-refractivity contribution in [1.29, 1.82) is 0 Å². The molecule has 1 fully saturated rings. The quantitative estimate of drug-likeness (QED) is 0.365. The molecule has 39 heavy (non-hydrogen) atoms. The fourth-order valence-electron chi connectivity index (χ4n) is 5.24. The number of nitrogens with zero attached hydrogens (tertiary/aromatic N) is 3. The third-order valence-electron chi connectivity index (χ3n) is 7.04. The molecule has 2 aliphatic heterocycles. The van der Waals surface area contributed by atoms with E-state index >= 15 is 0 Å². The van der Waals surface area contributed by atoms with Gasteiger partial charge in [0.05, 0.1) is 29.5 Å². The van der Waals surface area contributed by atoms with Crippen molar-refractivity contribution < 1.29 is 14.3 Å². The van der Waals surface area contributed by atoms with Gasteiger partial charge >= 0.3 is 5.97 Å². The van der Waals surface area contributed by atoms with Gasteiger partial charge in [0.1, 0.15) is 11.8 Å². The smallest absolute Gasteiger partial charge is 0.338 e. The summed E-state index contributed by atoms with van der Waals surface area (Å²) < 4.78 is 13.2. The van der Waals surface area contributed by atoms with Crippen molar-refractivity contribution in [3.63, 3.8) is 0 Å². The highest BCUT2D eigenvalue weighted by Gasteiger charge is 2.36. The van der Waals surface area contributed by atoms with Gasteiger partial charge in [0, 0.05) is 29.4 Å². The van der Waals surface area contributed by atoms with Crippen LogP contribution in [0.15, 0.2) is 63.5 Å². The standard InChI is InChI=1S/C30H32ClN3O4S/c1-4-8-23-26(29(36)38-5-2)27(22-18-20(31)11-14-24(22)37-3)34-28(35)25(39-30(34)32-23)17-19-9-12-21(13-10-19)33-15-6-7-16-33/h9-14,17-18,27H,4-8,15-16H2,1-3H3/b25-17-/t27-/m0/s1. The minimum Gasteiger partial charge on any atom is -0.496 e. The number of esters is 1. The van der Waals surface area contributed by atoms with Crippen LogP contribution >= 0.6 is 22.9 Å². The average Bonchev–Trinajstić information content (AvgIpc) is 3.57. The number of thiazole rings is 1. The van der Waals surface area contributed by atoms with Gasteiger partial charge in [0.25, 0.3) is 5.56 Å². The number of allylic oxidation sites excluding steroid dienone is 1. The second kappa shape index (κ2) is 11.8. The number of ether oxygens (including phenoxy) is 2. The van der Waals surface area contributed by atoms with Crippen LogP contribution in [0, 0.1) is 0 Å². The molecule has 0 N–H and O–H groups in total. The number of aromatic nitrogens is 1. The first kappa shape index (κ1) is 27.2. The van der Waals surface area contributed by atoms with Gasteiger partial charge in [-0.05, 0) is 68.2 Å². The molecule has 204 valence electrons. The number of anilines is 1. The number of rotatable bonds is 8. The van der Waals surface area contributed by atoms with E-state index < -0.39 is 12.0 Å². The molecule has 0 saturated carbocycles. The summed E-state index contributed by atoms with van der Waals surface area (Å²) in [4.78, 5) is 35.1. The van der Waals surface area contributed by atoms with E-state index in [2.05, 4.69) is 17.0 Å². The number of halogens is 1. The second-order valence-corrected chi connectivity index (χ2v) is 11.0. The lowest BCUT2D eigenvalue weighted by Gasteiger charge is -2.27. The molecular formula is C30H32ClN3O4S. The largest absolute Gasteiger partial charge is 0.496 e. The molecule has 1 aromatic heterocycles. The Kier molecular flexibility index (Phi) is 8.23. The summed E-state index contributed by atoms with van der Waals surface area (Å²) in [6, 6.07) is 12.7. The summed E-state index contributed by atoms with van der Waals surface area (Å²) in [7, 11) is 1.56. The van der Waals surface area contributed by atoms with Crippen molar-refractivity contribution in [2.24, 2.45) is 4.99 Å². The Morgan fingerprint density at radius 2 is 1.90 bits per heavy atom. The molecule has 0 aliphatic carbocycles. The number of carbonyl (C=O) groups excluding carboxylic acids is 1. The SMILES string of the molecule is CCCC1=C(C(=O)OCC)[C@H](c2cc(Cl)ccc2OC)n2c(s/c(=C\c3ccc(N4CCCC4)cc3)c2=O)=N1. The van der Waals surface area contributed by atoms with Crippen LogP contribution in [0.1, 0.15) is 56.7 Å². The zero-order valence-electron chi connectivity index (χ0n) is 22.4. The molecule has 3 heterocycles. The van der Waals surface area contributed by atoms with Gasteiger partial charge < -0.3 is 14.4 Å². The van der Waals surface area contributed by atoms with Crippen LogP contribution in [0.3, 0.4) is 0 Å². The van der Waals surface area contributed by atoms with Gasteiger partial charge in [-0.3, -0.25) is 9.36 Å². The van der Waals surface area contributed by atoms with E-state index in [1.54, 1.807) is 36.8 Å². The van der Waals surface area contributed by atoms with Crippen molar-refractivity contribution in [3.8, 4) is 5.75 Å². The first-order valence-corrected chi connectivity index (χ1v) is 14.5. The predicted octanol–water partition coefficient (Wildman–Crippen LogP) is 4.84. The van der Waals surface area contributed by atoms with E-state index in [0.29, 0.717) is 43.4 Å². The molecule has 1 saturated heterocycles. The minimum absolute atomic E-state index is 0.207. The Morgan fingerprint density at radius 3 is 2.56 bits per heavy atom. The third-order valence-corrected chi connectivity index (χ3v) is 8.26. The van der Waals surface area contributed by atoms with Gasteiger partial charge in [0.15, 0.2) is 4.80 Å². The summed E-state index contributed by atoms with van der Waals surface area (Å²) >= 11 is 7.73. The van der Waals surface area contributed by atoms with Crippen LogP contribution < -0.4 is 24.5 Å². The van der Waals surface area contributed by atoms with E-state index in [1.165, 1.54) is 29.9 Å². The first-order chi connectivity index (χ1) is 18.9. The summed E-state index contributed by atoms with van der Waals surface area (Å²) in [5.41, 5.74) is 3.46. The van der Waals surface area contributed by atoms with Gasteiger partial charge in [-0.15, -0.1) is 0 Å². The monoisotopic (exact) mass is 565 g/mol. The van der Waals surface area contributed by atoms with Crippen LogP contribution in [0.25, 0.3) is 6.08 Å². The first-order valence-electron chi connectivity index (χ1n) is 13.4. The molecule has 9 heteroatoms. The van der Waals surface area contributed by atoms with Crippen molar-refractivity contribution in [2.75, 3.05) is 31.7 Å². The number of fused-ring (bicyclic) bond motifs is 1. The van der Waals surface area contributed by atoms with Gasteiger partial charge in [-0.2, -0.15) is 0 Å². The van der Waals surface area contributed by atoms with Gasteiger partial charge in [-0.1, -0.05) is 48.4 Å². The van der Waals surface area contributed by atoms with Crippen molar-refractivity contribution in [1.82, 2.24) is 4.57 Å². The zero-order chi connectivity index (χ0) is 27.5. The number of hydrogen-bond donors (Lipinski definition) is 0. The molecule has 0 radical (unpaired) electrons. The number of methoxy groups -OCH3 is 1. The fourth-order valence-corrected chi connectivity index (χ4v) is 6.44. The normalized spacial score (nSPS) is 17.3. The lowest BCUT2D eigenvalue weighted by atomic mass is 9.93. The molecule has 5 rings (SSSR count). The highest BCUT2D eigenvalue weighted by Crippen LogP contribution is 2.38. The van der Waals surface area contributed by atoms with E-state index in [4.69, 9.17) is 26.1 Å². The molecule has 0 bridgehead atoms. The molecule has 2 aromatic carbocycles. The topological polar surface area (TPSA) is 73.1 Å².